The van der Waals surface area contributed by atoms with Gasteiger partial charge in [0.2, 0.25) is 5.91 Å². The average Bonchev–Trinajstić information content (AvgIpc) is 2.68. The first-order valence-corrected chi connectivity index (χ1v) is 6.52. The lowest BCUT2D eigenvalue weighted by atomic mass is 10.1. The van der Waals surface area contributed by atoms with E-state index in [1.807, 2.05) is 19.9 Å². The standard InChI is InChI=1S/C14H19N3O2/c1-3-16(4-2)13(18)9-17-8-10-5-6-11(15)7-12(10)14(17)19/h5-7H,3-4,8-9,15H2,1-2H3. The number of nitrogens with zero attached hydrogens (tertiary/aromatic N) is 2. The maximum absolute atomic E-state index is 12.2. The number of carbonyl (C=O) groups excluding carboxylic acids is 2. The predicted molar refractivity (Wildman–Crippen MR) is 73.5 cm³/mol. The summed E-state index contributed by atoms with van der Waals surface area (Å²) in [5.41, 5.74) is 7.81. The summed E-state index contributed by atoms with van der Waals surface area (Å²) in [6.45, 7) is 5.82. The molecule has 19 heavy (non-hydrogen) atoms. The Bertz CT molecular complexity index is 509. The normalized spacial score (nSPS) is 13.6. The second kappa shape index (κ2) is 5.30. The number of amides is 2. The molecule has 1 aromatic rings. The third-order valence-electron chi connectivity index (χ3n) is 3.46. The van der Waals surface area contributed by atoms with Gasteiger partial charge in [0.25, 0.3) is 5.91 Å². The molecule has 0 saturated heterocycles. The lowest BCUT2D eigenvalue weighted by Gasteiger charge is -2.22. The van der Waals surface area contributed by atoms with Crippen molar-refractivity contribution in [2.75, 3.05) is 25.4 Å². The molecule has 1 aliphatic rings. The van der Waals surface area contributed by atoms with Crippen LogP contribution in [0, 0.1) is 0 Å². The van der Waals surface area contributed by atoms with Gasteiger partial charge in [0.1, 0.15) is 6.54 Å². The number of nitrogen functional groups attached to an aromatic ring is 1. The lowest BCUT2D eigenvalue weighted by Crippen LogP contribution is -2.40. The number of carbonyl (C=O) groups is 2. The highest BCUT2D eigenvalue weighted by molar-refractivity contribution is 6.00. The van der Waals surface area contributed by atoms with Crippen molar-refractivity contribution in [3.8, 4) is 0 Å². The highest BCUT2D eigenvalue weighted by Crippen LogP contribution is 2.24. The fourth-order valence-corrected chi connectivity index (χ4v) is 2.35. The fraction of sp³-hybridized carbons (Fsp3) is 0.429. The van der Waals surface area contributed by atoms with E-state index in [1.54, 1.807) is 21.9 Å². The summed E-state index contributed by atoms with van der Waals surface area (Å²) >= 11 is 0. The summed E-state index contributed by atoms with van der Waals surface area (Å²) < 4.78 is 0. The molecule has 2 N–H and O–H groups in total. The number of hydrogen-bond acceptors (Lipinski definition) is 3. The monoisotopic (exact) mass is 261 g/mol. The molecule has 5 heteroatoms. The third-order valence-corrected chi connectivity index (χ3v) is 3.46. The van der Waals surface area contributed by atoms with Gasteiger partial charge >= 0.3 is 0 Å². The zero-order valence-electron chi connectivity index (χ0n) is 11.3. The van der Waals surface area contributed by atoms with Gasteiger partial charge in [-0.1, -0.05) is 6.07 Å². The van der Waals surface area contributed by atoms with Crippen molar-refractivity contribution in [3.05, 3.63) is 29.3 Å². The Hall–Kier alpha value is -2.04. The Kier molecular flexibility index (Phi) is 3.74. The van der Waals surface area contributed by atoms with E-state index in [0.717, 1.165) is 5.56 Å². The molecule has 0 radical (unpaired) electrons. The van der Waals surface area contributed by atoms with Gasteiger partial charge in [0.15, 0.2) is 0 Å². The zero-order chi connectivity index (χ0) is 14.0. The number of likely N-dealkylation sites (N-methyl/N-ethyl adjacent to an activating group) is 1. The van der Waals surface area contributed by atoms with E-state index in [4.69, 9.17) is 5.73 Å². The van der Waals surface area contributed by atoms with Crippen LogP contribution in [0.25, 0.3) is 0 Å². The molecule has 0 unspecified atom stereocenters. The third kappa shape index (κ3) is 2.54. The Morgan fingerprint density at radius 1 is 1.37 bits per heavy atom. The summed E-state index contributed by atoms with van der Waals surface area (Å²) in [4.78, 5) is 27.5. The molecule has 1 aliphatic heterocycles. The van der Waals surface area contributed by atoms with Gasteiger partial charge in [-0.15, -0.1) is 0 Å². The molecule has 0 atom stereocenters. The van der Waals surface area contributed by atoms with Crippen LogP contribution in [0.3, 0.4) is 0 Å². The SMILES string of the molecule is CCN(CC)C(=O)CN1Cc2ccc(N)cc2C1=O. The minimum atomic E-state index is -0.109. The molecule has 0 aromatic heterocycles. The van der Waals surface area contributed by atoms with Crippen LogP contribution in [0.4, 0.5) is 5.69 Å². The molecule has 0 bridgehead atoms. The van der Waals surface area contributed by atoms with E-state index in [1.165, 1.54) is 0 Å². The molecule has 0 saturated carbocycles. The maximum Gasteiger partial charge on any atom is 0.255 e. The summed E-state index contributed by atoms with van der Waals surface area (Å²) in [7, 11) is 0. The lowest BCUT2D eigenvalue weighted by molar-refractivity contribution is -0.131. The first kappa shape index (κ1) is 13.4. The van der Waals surface area contributed by atoms with Crippen LogP contribution in [0.5, 0.6) is 0 Å². The average molecular weight is 261 g/mol. The van der Waals surface area contributed by atoms with Gasteiger partial charge in [-0.25, -0.2) is 0 Å². The predicted octanol–water partition coefficient (Wildman–Crippen LogP) is 1.09. The zero-order valence-corrected chi connectivity index (χ0v) is 11.3. The number of nitrogens with two attached hydrogens (primary N) is 1. The Labute approximate surface area is 113 Å². The second-order valence-corrected chi connectivity index (χ2v) is 4.64. The quantitative estimate of drug-likeness (QED) is 0.825. The Balaban J connectivity index is 2.10. The van der Waals surface area contributed by atoms with Crippen molar-refractivity contribution in [3.63, 3.8) is 0 Å². The van der Waals surface area contributed by atoms with Gasteiger partial charge in [0.05, 0.1) is 0 Å². The van der Waals surface area contributed by atoms with Gasteiger partial charge in [-0.2, -0.15) is 0 Å². The molecule has 0 aliphatic carbocycles. The Morgan fingerprint density at radius 2 is 2.05 bits per heavy atom. The molecular formula is C14H19N3O2. The summed E-state index contributed by atoms with van der Waals surface area (Å²) in [6, 6.07) is 5.31. The molecular weight excluding hydrogens is 242 g/mol. The van der Waals surface area contributed by atoms with Crippen molar-refractivity contribution in [2.45, 2.75) is 20.4 Å². The van der Waals surface area contributed by atoms with Crippen LogP contribution in [-0.4, -0.2) is 41.2 Å². The molecule has 2 rings (SSSR count). The highest BCUT2D eigenvalue weighted by Gasteiger charge is 2.29. The molecule has 102 valence electrons. The molecule has 0 fully saturated rings. The second-order valence-electron chi connectivity index (χ2n) is 4.64. The maximum atomic E-state index is 12.2. The first-order valence-electron chi connectivity index (χ1n) is 6.52. The van der Waals surface area contributed by atoms with Crippen LogP contribution in [-0.2, 0) is 11.3 Å². The van der Waals surface area contributed by atoms with Gasteiger partial charge in [-0.3, -0.25) is 9.59 Å². The number of fused-ring (bicyclic) bond motifs is 1. The summed E-state index contributed by atoms with van der Waals surface area (Å²) in [5.74, 6) is -0.123. The van der Waals surface area contributed by atoms with E-state index < -0.39 is 0 Å². The van der Waals surface area contributed by atoms with Crippen molar-refractivity contribution >= 4 is 17.5 Å². The molecule has 1 aromatic carbocycles. The largest absolute Gasteiger partial charge is 0.399 e. The number of anilines is 1. The smallest absolute Gasteiger partial charge is 0.255 e. The fourth-order valence-electron chi connectivity index (χ4n) is 2.35. The van der Waals surface area contributed by atoms with Gasteiger partial charge < -0.3 is 15.5 Å². The van der Waals surface area contributed by atoms with Crippen molar-refractivity contribution in [1.29, 1.82) is 0 Å². The molecule has 0 spiro atoms. The minimum Gasteiger partial charge on any atom is -0.399 e. The first-order chi connectivity index (χ1) is 9.06. The van der Waals surface area contributed by atoms with Crippen LogP contribution in [0.15, 0.2) is 18.2 Å². The van der Waals surface area contributed by atoms with Crippen LogP contribution in [0.1, 0.15) is 29.8 Å². The van der Waals surface area contributed by atoms with Crippen LogP contribution in [0.2, 0.25) is 0 Å². The number of hydrogen-bond donors (Lipinski definition) is 1. The van der Waals surface area contributed by atoms with Crippen molar-refractivity contribution in [1.82, 2.24) is 9.80 Å². The topological polar surface area (TPSA) is 66.6 Å². The van der Waals surface area contributed by atoms with Gasteiger partial charge in [-0.05, 0) is 31.5 Å². The van der Waals surface area contributed by atoms with E-state index in [0.29, 0.717) is 30.9 Å². The van der Waals surface area contributed by atoms with E-state index in [-0.39, 0.29) is 18.4 Å². The minimum absolute atomic E-state index is 0.0147. The molecule has 5 nitrogen and oxygen atoms in total. The molecule has 1 heterocycles. The van der Waals surface area contributed by atoms with E-state index >= 15 is 0 Å². The molecule has 2 amide bonds. The van der Waals surface area contributed by atoms with E-state index in [9.17, 15) is 9.59 Å². The van der Waals surface area contributed by atoms with Crippen LogP contribution >= 0.6 is 0 Å². The van der Waals surface area contributed by atoms with Gasteiger partial charge in [0, 0.05) is 30.9 Å². The number of benzene rings is 1. The van der Waals surface area contributed by atoms with Crippen molar-refractivity contribution < 1.29 is 9.59 Å². The summed E-state index contributed by atoms with van der Waals surface area (Å²) in [6.07, 6.45) is 0. The van der Waals surface area contributed by atoms with E-state index in [2.05, 4.69) is 0 Å². The highest BCUT2D eigenvalue weighted by atomic mass is 16.2. The Morgan fingerprint density at radius 3 is 2.68 bits per heavy atom. The van der Waals surface area contributed by atoms with Crippen molar-refractivity contribution in [2.24, 2.45) is 0 Å². The summed E-state index contributed by atoms with van der Waals surface area (Å²) in [5, 5.41) is 0. The van der Waals surface area contributed by atoms with Crippen LogP contribution < -0.4 is 5.73 Å². The number of rotatable bonds is 4.